The molecule has 0 unspecified atom stereocenters. The van der Waals surface area contributed by atoms with Crippen LogP contribution in [0.1, 0.15) is 29.3 Å². The summed E-state index contributed by atoms with van der Waals surface area (Å²) in [7, 11) is 0. The van der Waals surface area contributed by atoms with Crippen molar-refractivity contribution in [3.63, 3.8) is 0 Å². The zero-order valence-electron chi connectivity index (χ0n) is 10.3. The second kappa shape index (κ2) is 5.00. The number of hydrogen-bond donors (Lipinski definition) is 1. The van der Waals surface area contributed by atoms with Crippen LogP contribution in [0.25, 0.3) is 0 Å². The SMILES string of the molecule is CCc1ccc(Cc2ccc(O)cc2C)nc1. The number of aromatic nitrogens is 1. The molecule has 0 radical (unpaired) electrons. The number of pyridine rings is 1. The highest BCUT2D eigenvalue weighted by atomic mass is 16.3. The summed E-state index contributed by atoms with van der Waals surface area (Å²) in [5.74, 6) is 0.320. The third-order valence-electron chi connectivity index (χ3n) is 2.99. The number of phenols is 1. The molecule has 0 atom stereocenters. The van der Waals surface area contributed by atoms with Crippen molar-refractivity contribution in [2.24, 2.45) is 0 Å². The minimum Gasteiger partial charge on any atom is -0.508 e. The average molecular weight is 227 g/mol. The molecule has 2 aromatic rings. The molecule has 0 amide bonds. The summed E-state index contributed by atoms with van der Waals surface area (Å²) in [5, 5.41) is 9.36. The predicted molar refractivity (Wildman–Crippen MR) is 69.3 cm³/mol. The molecule has 2 nitrogen and oxygen atoms in total. The Morgan fingerprint density at radius 3 is 2.59 bits per heavy atom. The van der Waals surface area contributed by atoms with Crippen molar-refractivity contribution in [3.8, 4) is 5.75 Å². The zero-order valence-corrected chi connectivity index (χ0v) is 10.3. The van der Waals surface area contributed by atoms with Crippen molar-refractivity contribution in [3.05, 3.63) is 58.9 Å². The van der Waals surface area contributed by atoms with E-state index in [1.807, 2.05) is 19.2 Å². The van der Waals surface area contributed by atoms with E-state index in [2.05, 4.69) is 24.0 Å². The van der Waals surface area contributed by atoms with E-state index in [0.29, 0.717) is 5.75 Å². The van der Waals surface area contributed by atoms with E-state index in [0.717, 1.165) is 24.1 Å². The van der Waals surface area contributed by atoms with Gasteiger partial charge in [-0.1, -0.05) is 19.1 Å². The topological polar surface area (TPSA) is 33.1 Å². The van der Waals surface area contributed by atoms with E-state index < -0.39 is 0 Å². The average Bonchev–Trinajstić information content (AvgIpc) is 2.34. The summed E-state index contributed by atoms with van der Waals surface area (Å²) >= 11 is 0. The van der Waals surface area contributed by atoms with Gasteiger partial charge < -0.3 is 5.11 Å². The second-order valence-corrected chi connectivity index (χ2v) is 4.30. The van der Waals surface area contributed by atoms with Crippen molar-refractivity contribution in [2.75, 3.05) is 0 Å². The molecule has 2 rings (SSSR count). The first-order chi connectivity index (χ1) is 8.19. The fraction of sp³-hybridized carbons (Fsp3) is 0.267. The lowest BCUT2D eigenvalue weighted by Gasteiger charge is -2.06. The van der Waals surface area contributed by atoms with Crippen LogP contribution in [0.15, 0.2) is 36.5 Å². The number of nitrogens with zero attached hydrogens (tertiary/aromatic N) is 1. The van der Waals surface area contributed by atoms with Crippen molar-refractivity contribution in [2.45, 2.75) is 26.7 Å². The van der Waals surface area contributed by atoms with Crippen LogP contribution in [0, 0.1) is 6.92 Å². The second-order valence-electron chi connectivity index (χ2n) is 4.30. The summed E-state index contributed by atoms with van der Waals surface area (Å²) in [6.07, 6.45) is 3.77. The van der Waals surface area contributed by atoms with E-state index in [1.165, 1.54) is 11.1 Å². The van der Waals surface area contributed by atoms with Crippen LogP contribution < -0.4 is 0 Å². The van der Waals surface area contributed by atoms with Gasteiger partial charge in [-0.05, 0) is 48.2 Å². The Hall–Kier alpha value is -1.83. The quantitative estimate of drug-likeness (QED) is 0.873. The summed E-state index contributed by atoms with van der Waals surface area (Å²) in [5.41, 5.74) is 4.64. The van der Waals surface area contributed by atoms with E-state index in [1.54, 1.807) is 12.1 Å². The highest BCUT2D eigenvalue weighted by Crippen LogP contribution is 2.18. The maximum atomic E-state index is 9.36. The van der Waals surface area contributed by atoms with E-state index in [4.69, 9.17) is 0 Å². The predicted octanol–water partition coefficient (Wildman–Crippen LogP) is 3.25. The van der Waals surface area contributed by atoms with Gasteiger partial charge in [0, 0.05) is 18.3 Å². The van der Waals surface area contributed by atoms with E-state index in [9.17, 15) is 5.11 Å². The summed E-state index contributed by atoms with van der Waals surface area (Å²) in [4.78, 5) is 4.45. The van der Waals surface area contributed by atoms with Gasteiger partial charge in [-0.15, -0.1) is 0 Å². The molecule has 0 saturated heterocycles. The lowest BCUT2D eigenvalue weighted by Crippen LogP contribution is -1.95. The Morgan fingerprint density at radius 1 is 1.18 bits per heavy atom. The first-order valence-electron chi connectivity index (χ1n) is 5.91. The van der Waals surface area contributed by atoms with Crippen molar-refractivity contribution in [1.82, 2.24) is 4.98 Å². The normalized spacial score (nSPS) is 10.5. The van der Waals surface area contributed by atoms with Crippen LogP contribution in [0.2, 0.25) is 0 Å². The molecule has 0 saturated carbocycles. The Morgan fingerprint density at radius 2 is 2.00 bits per heavy atom. The Labute approximate surface area is 102 Å². The molecule has 88 valence electrons. The number of aromatic hydroxyl groups is 1. The number of hydrogen-bond acceptors (Lipinski definition) is 2. The van der Waals surface area contributed by atoms with Crippen molar-refractivity contribution in [1.29, 1.82) is 0 Å². The molecule has 2 heteroatoms. The largest absolute Gasteiger partial charge is 0.508 e. The highest BCUT2D eigenvalue weighted by Gasteiger charge is 2.02. The summed E-state index contributed by atoms with van der Waals surface area (Å²) in [6.45, 7) is 4.14. The molecule has 1 aromatic heterocycles. The maximum absolute atomic E-state index is 9.36. The van der Waals surface area contributed by atoms with Crippen LogP contribution in [0.3, 0.4) is 0 Å². The Bertz CT molecular complexity index is 503. The molecule has 0 aliphatic heterocycles. The molecule has 0 spiro atoms. The van der Waals surface area contributed by atoms with E-state index >= 15 is 0 Å². The lowest BCUT2D eigenvalue weighted by molar-refractivity contribution is 0.474. The molecular formula is C15H17NO. The van der Waals surface area contributed by atoms with Gasteiger partial charge in [0.25, 0.3) is 0 Å². The monoisotopic (exact) mass is 227 g/mol. The molecule has 1 N–H and O–H groups in total. The molecule has 0 fully saturated rings. The third-order valence-corrected chi connectivity index (χ3v) is 2.99. The molecule has 0 bridgehead atoms. The molecule has 1 aromatic carbocycles. The standard InChI is InChI=1S/C15H17NO/c1-3-12-4-6-14(16-10-12)9-13-5-7-15(17)8-11(13)2/h4-8,10,17H,3,9H2,1-2H3. The molecule has 0 aliphatic carbocycles. The van der Waals surface area contributed by atoms with Gasteiger partial charge in [0.1, 0.15) is 5.75 Å². The van der Waals surface area contributed by atoms with Crippen LogP contribution >= 0.6 is 0 Å². The van der Waals surface area contributed by atoms with Crippen LogP contribution in [-0.2, 0) is 12.8 Å². The first-order valence-corrected chi connectivity index (χ1v) is 5.91. The number of aryl methyl sites for hydroxylation is 2. The van der Waals surface area contributed by atoms with Gasteiger partial charge in [0.15, 0.2) is 0 Å². The number of rotatable bonds is 3. The van der Waals surface area contributed by atoms with Crippen LogP contribution in [-0.4, -0.2) is 10.1 Å². The number of benzene rings is 1. The van der Waals surface area contributed by atoms with E-state index in [-0.39, 0.29) is 0 Å². The van der Waals surface area contributed by atoms with Crippen molar-refractivity contribution >= 4 is 0 Å². The maximum Gasteiger partial charge on any atom is 0.115 e. The Kier molecular flexibility index (Phi) is 3.43. The van der Waals surface area contributed by atoms with Gasteiger partial charge in [-0.2, -0.15) is 0 Å². The van der Waals surface area contributed by atoms with Crippen LogP contribution in [0.5, 0.6) is 5.75 Å². The fourth-order valence-corrected chi connectivity index (χ4v) is 1.84. The van der Waals surface area contributed by atoms with Gasteiger partial charge in [-0.25, -0.2) is 0 Å². The minimum absolute atomic E-state index is 0.320. The summed E-state index contributed by atoms with van der Waals surface area (Å²) < 4.78 is 0. The molecule has 17 heavy (non-hydrogen) atoms. The first kappa shape index (κ1) is 11.6. The number of phenolic OH excluding ortho intramolecular Hbond substituents is 1. The smallest absolute Gasteiger partial charge is 0.115 e. The minimum atomic E-state index is 0.320. The van der Waals surface area contributed by atoms with Crippen molar-refractivity contribution < 1.29 is 5.11 Å². The fourth-order valence-electron chi connectivity index (χ4n) is 1.84. The lowest BCUT2D eigenvalue weighted by atomic mass is 10.0. The van der Waals surface area contributed by atoms with Gasteiger partial charge in [0.2, 0.25) is 0 Å². The van der Waals surface area contributed by atoms with Gasteiger partial charge in [-0.3, -0.25) is 4.98 Å². The van der Waals surface area contributed by atoms with Crippen LogP contribution in [0.4, 0.5) is 0 Å². The summed E-state index contributed by atoms with van der Waals surface area (Å²) in [6, 6.07) is 9.67. The van der Waals surface area contributed by atoms with Gasteiger partial charge >= 0.3 is 0 Å². The molecule has 0 aliphatic rings. The third kappa shape index (κ3) is 2.84. The zero-order chi connectivity index (χ0) is 12.3. The molecule has 1 heterocycles. The Balaban J connectivity index is 2.19. The highest BCUT2D eigenvalue weighted by molar-refractivity contribution is 5.36. The molecular weight excluding hydrogens is 210 g/mol. The van der Waals surface area contributed by atoms with Gasteiger partial charge in [0.05, 0.1) is 0 Å².